The van der Waals surface area contributed by atoms with Gasteiger partial charge in [-0.1, -0.05) is 39.0 Å². The molecule has 0 radical (unpaired) electrons. The summed E-state index contributed by atoms with van der Waals surface area (Å²) in [6, 6.07) is 17.3. The van der Waals surface area contributed by atoms with Gasteiger partial charge in [0.05, 0.1) is 5.69 Å². The topological polar surface area (TPSA) is 96.8 Å². The molecule has 0 unspecified atom stereocenters. The van der Waals surface area contributed by atoms with Gasteiger partial charge in [-0.25, -0.2) is 9.97 Å². The van der Waals surface area contributed by atoms with E-state index in [2.05, 4.69) is 57.9 Å². The van der Waals surface area contributed by atoms with Gasteiger partial charge in [-0.05, 0) is 54.7 Å². The molecular weight excluding hydrogens is 438 g/mol. The molecule has 2 aromatic carbocycles. The van der Waals surface area contributed by atoms with Gasteiger partial charge in [0.25, 0.3) is 5.91 Å². The average molecular weight is 470 g/mol. The minimum Gasteiger partial charge on any atom is -0.373 e. The van der Waals surface area contributed by atoms with E-state index in [1.807, 2.05) is 62.4 Å². The normalized spacial score (nSPS) is 11.3. The van der Waals surface area contributed by atoms with E-state index in [0.29, 0.717) is 17.2 Å². The van der Waals surface area contributed by atoms with E-state index in [9.17, 15) is 4.79 Å². The van der Waals surface area contributed by atoms with Gasteiger partial charge in [0.1, 0.15) is 18.0 Å². The molecule has 35 heavy (non-hydrogen) atoms. The summed E-state index contributed by atoms with van der Waals surface area (Å²) in [5.41, 5.74) is 5.14. The fraction of sp³-hybridized carbons (Fsp3) is 0.259. The molecule has 0 fully saturated rings. The molecule has 0 saturated heterocycles. The van der Waals surface area contributed by atoms with Crippen LogP contribution in [0.3, 0.4) is 0 Å². The number of benzene rings is 2. The highest BCUT2D eigenvalue weighted by atomic mass is 16.1. The van der Waals surface area contributed by atoms with Gasteiger partial charge in [0.2, 0.25) is 0 Å². The molecule has 0 aliphatic rings. The zero-order valence-electron chi connectivity index (χ0n) is 21.0. The Morgan fingerprint density at radius 3 is 2.51 bits per heavy atom. The molecule has 1 amide bonds. The number of hydrogen-bond donors (Lipinski definition) is 3. The average Bonchev–Trinajstić information content (AvgIpc) is 3.20. The third kappa shape index (κ3) is 5.48. The fourth-order valence-electron chi connectivity index (χ4n) is 3.67. The Hall–Kier alpha value is -4.20. The van der Waals surface area contributed by atoms with E-state index in [1.165, 1.54) is 6.33 Å². The third-order valence-electron chi connectivity index (χ3n) is 5.71. The summed E-state index contributed by atoms with van der Waals surface area (Å²) in [6.07, 6.45) is 1.49. The van der Waals surface area contributed by atoms with E-state index in [-0.39, 0.29) is 11.3 Å². The zero-order valence-corrected chi connectivity index (χ0v) is 21.0. The number of rotatable bonds is 6. The predicted molar refractivity (Wildman–Crippen MR) is 141 cm³/mol. The molecule has 0 aliphatic carbocycles. The van der Waals surface area contributed by atoms with Crippen LogP contribution in [-0.4, -0.2) is 32.7 Å². The van der Waals surface area contributed by atoms with Crippen molar-refractivity contribution >= 4 is 28.9 Å². The van der Waals surface area contributed by atoms with Gasteiger partial charge in [-0.2, -0.15) is 9.78 Å². The zero-order chi connectivity index (χ0) is 25.2. The first-order valence-corrected chi connectivity index (χ1v) is 11.5. The van der Waals surface area contributed by atoms with Gasteiger partial charge in [0.15, 0.2) is 5.82 Å². The molecule has 0 bridgehead atoms. The van der Waals surface area contributed by atoms with Crippen molar-refractivity contribution in [3.05, 3.63) is 83.3 Å². The Balaban J connectivity index is 1.60. The van der Waals surface area contributed by atoms with Crippen LogP contribution in [0.25, 0.3) is 5.82 Å². The molecule has 0 saturated carbocycles. The summed E-state index contributed by atoms with van der Waals surface area (Å²) in [6.45, 7) is 10.4. The largest absolute Gasteiger partial charge is 0.373 e. The summed E-state index contributed by atoms with van der Waals surface area (Å²) in [5.74, 6) is 1.89. The van der Waals surface area contributed by atoms with Crippen LogP contribution in [0.1, 0.15) is 48.0 Å². The van der Waals surface area contributed by atoms with Crippen LogP contribution < -0.4 is 16.0 Å². The van der Waals surface area contributed by atoms with Crippen molar-refractivity contribution in [3.8, 4) is 5.82 Å². The smallest absolute Gasteiger partial charge is 0.255 e. The molecule has 180 valence electrons. The number of aryl methyl sites for hydroxylation is 2. The molecule has 2 aromatic heterocycles. The number of carbonyl (C=O) groups is 1. The molecule has 3 N–H and O–H groups in total. The second-order valence-corrected chi connectivity index (χ2v) is 9.53. The number of anilines is 4. The molecule has 4 rings (SSSR count). The quantitative estimate of drug-likeness (QED) is 0.339. The molecular formula is C27H31N7O. The van der Waals surface area contributed by atoms with Crippen molar-refractivity contribution in [3.63, 3.8) is 0 Å². The van der Waals surface area contributed by atoms with Crippen molar-refractivity contribution in [2.24, 2.45) is 0 Å². The molecule has 0 atom stereocenters. The highest BCUT2D eigenvalue weighted by Gasteiger charge is 2.16. The Kier molecular flexibility index (Phi) is 6.55. The maximum absolute atomic E-state index is 13.1. The lowest BCUT2D eigenvalue weighted by atomic mass is 9.87. The Labute approximate surface area is 205 Å². The molecule has 0 aliphatic heterocycles. The van der Waals surface area contributed by atoms with E-state index < -0.39 is 0 Å². The highest BCUT2D eigenvalue weighted by Crippen LogP contribution is 2.27. The fourth-order valence-corrected chi connectivity index (χ4v) is 3.67. The van der Waals surface area contributed by atoms with Gasteiger partial charge in [0, 0.05) is 36.1 Å². The molecule has 8 heteroatoms. The number of carbonyl (C=O) groups excluding carboxylic acids is 1. The van der Waals surface area contributed by atoms with E-state index in [0.717, 1.165) is 34.0 Å². The van der Waals surface area contributed by atoms with Crippen molar-refractivity contribution in [2.75, 3.05) is 23.0 Å². The van der Waals surface area contributed by atoms with Crippen molar-refractivity contribution in [1.29, 1.82) is 0 Å². The first-order valence-electron chi connectivity index (χ1n) is 11.5. The van der Waals surface area contributed by atoms with Gasteiger partial charge >= 0.3 is 0 Å². The lowest BCUT2D eigenvalue weighted by Gasteiger charge is -2.20. The van der Waals surface area contributed by atoms with Crippen LogP contribution in [0, 0.1) is 13.8 Å². The standard InChI is InChI=1S/C27H31N7O/c1-17-10-11-19(26(35)31-21-9-7-8-20(14-21)27(3,4)5)13-22(17)32-25-12-18(2)33-34(25)24-15-23(28-6)29-16-30-24/h7-16,32H,1-6H3,(H,31,35)(H,28,29,30). The number of aromatic nitrogens is 4. The van der Waals surface area contributed by atoms with E-state index >= 15 is 0 Å². The van der Waals surface area contributed by atoms with Crippen molar-refractivity contribution in [2.45, 2.75) is 40.0 Å². The minimum absolute atomic E-state index is 0.000393. The number of nitrogens with zero attached hydrogens (tertiary/aromatic N) is 4. The highest BCUT2D eigenvalue weighted by molar-refractivity contribution is 6.05. The van der Waals surface area contributed by atoms with Crippen molar-refractivity contribution in [1.82, 2.24) is 19.7 Å². The monoisotopic (exact) mass is 469 g/mol. The summed E-state index contributed by atoms with van der Waals surface area (Å²) in [4.78, 5) is 21.6. The van der Waals surface area contributed by atoms with Crippen molar-refractivity contribution < 1.29 is 4.79 Å². The lowest BCUT2D eigenvalue weighted by Crippen LogP contribution is -2.15. The summed E-state index contributed by atoms with van der Waals surface area (Å²) in [5, 5.41) is 14.0. The second-order valence-electron chi connectivity index (χ2n) is 9.53. The number of hydrogen-bond acceptors (Lipinski definition) is 6. The molecule has 4 aromatic rings. The third-order valence-corrected chi connectivity index (χ3v) is 5.71. The van der Waals surface area contributed by atoms with E-state index in [4.69, 9.17) is 0 Å². The summed E-state index contributed by atoms with van der Waals surface area (Å²) in [7, 11) is 1.80. The van der Waals surface area contributed by atoms with E-state index in [1.54, 1.807) is 11.7 Å². The van der Waals surface area contributed by atoms with Crippen LogP contribution in [0.5, 0.6) is 0 Å². The SMILES string of the molecule is CNc1cc(-n2nc(C)cc2Nc2cc(C(=O)Nc3cccc(C(C)(C)C)c3)ccc2C)ncn1. The first kappa shape index (κ1) is 23.9. The number of amides is 1. The Bertz CT molecular complexity index is 1370. The molecule has 0 spiro atoms. The summed E-state index contributed by atoms with van der Waals surface area (Å²) < 4.78 is 1.72. The van der Waals surface area contributed by atoms with Gasteiger partial charge in [-0.3, -0.25) is 4.79 Å². The maximum Gasteiger partial charge on any atom is 0.255 e. The van der Waals surface area contributed by atoms with Gasteiger partial charge in [-0.15, -0.1) is 0 Å². The Morgan fingerprint density at radius 2 is 1.77 bits per heavy atom. The second kappa shape index (κ2) is 9.58. The van der Waals surface area contributed by atoms with Crippen LogP contribution in [0.2, 0.25) is 0 Å². The molecule has 8 nitrogen and oxygen atoms in total. The van der Waals surface area contributed by atoms with Crippen LogP contribution in [0.15, 0.2) is 60.9 Å². The number of nitrogens with one attached hydrogen (secondary N) is 3. The van der Waals surface area contributed by atoms with Crippen LogP contribution >= 0.6 is 0 Å². The van der Waals surface area contributed by atoms with Gasteiger partial charge < -0.3 is 16.0 Å². The predicted octanol–water partition coefficient (Wildman–Crippen LogP) is 5.61. The maximum atomic E-state index is 13.1. The summed E-state index contributed by atoms with van der Waals surface area (Å²) >= 11 is 0. The first-order chi connectivity index (χ1) is 16.6. The minimum atomic E-state index is -0.168. The molecule has 2 heterocycles. The lowest BCUT2D eigenvalue weighted by molar-refractivity contribution is 0.102. The van der Waals surface area contributed by atoms with Crippen LogP contribution in [0.4, 0.5) is 23.0 Å². The van der Waals surface area contributed by atoms with Crippen LogP contribution in [-0.2, 0) is 5.41 Å². The Morgan fingerprint density at radius 1 is 0.971 bits per heavy atom.